The summed E-state index contributed by atoms with van der Waals surface area (Å²) < 4.78 is 0. The first-order valence-electron chi connectivity index (χ1n) is 5.60. The molecule has 3 N–H and O–H groups in total. The summed E-state index contributed by atoms with van der Waals surface area (Å²) in [5.41, 5.74) is 9.20. The Morgan fingerprint density at radius 2 is 1.79 bits per heavy atom. The van der Waals surface area contributed by atoms with E-state index in [-0.39, 0.29) is 0 Å². The molecule has 5 heteroatoms. The SMILES string of the molecule is Cc1ccc(Nc2ccc(Cl)cc2Cl)c(C(N)=S)c1. The fourth-order valence-electron chi connectivity index (χ4n) is 1.71. The number of nitrogens with two attached hydrogens (primary N) is 1. The van der Waals surface area contributed by atoms with Crippen molar-refractivity contribution in [2.24, 2.45) is 5.73 Å². The number of thiocarbonyl (C=S) groups is 1. The van der Waals surface area contributed by atoms with Gasteiger partial charge < -0.3 is 11.1 Å². The van der Waals surface area contributed by atoms with E-state index in [0.29, 0.717) is 15.0 Å². The highest BCUT2D eigenvalue weighted by Crippen LogP contribution is 2.29. The summed E-state index contributed by atoms with van der Waals surface area (Å²) in [4.78, 5) is 0.344. The lowest BCUT2D eigenvalue weighted by molar-refractivity contribution is 1.43. The molecule has 0 aromatic heterocycles. The molecule has 98 valence electrons. The Labute approximate surface area is 127 Å². The van der Waals surface area contributed by atoms with Gasteiger partial charge in [-0.15, -0.1) is 0 Å². The second-order valence-corrected chi connectivity index (χ2v) is 5.45. The third kappa shape index (κ3) is 3.38. The van der Waals surface area contributed by atoms with Crippen molar-refractivity contribution < 1.29 is 0 Å². The molecule has 0 atom stereocenters. The average Bonchev–Trinajstić information content (AvgIpc) is 2.34. The van der Waals surface area contributed by atoms with Crippen molar-refractivity contribution in [3.63, 3.8) is 0 Å². The molecule has 0 heterocycles. The first kappa shape index (κ1) is 14.1. The van der Waals surface area contributed by atoms with Crippen molar-refractivity contribution in [3.05, 3.63) is 57.6 Å². The number of hydrogen-bond donors (Lipinski definition) is 2. The van der Waals surface area contributed by atoms with Gasteiger partial charge in [0.2, 0.25) is 0 Å². The van der Waals surface area contributed by atoms with E-state index in [2.05, 4.69) is 5.32 Å². The fraction of sp³-hybridized carbons (Fsp3) is 0.0714. The Kier molecular flexibility index (Phi) is 4.30. The van der Waals surface area contributed by atoms with Gasteiger partial charge in [-0.1, -0.05) is 47.0 Å². The lowest BCUT2D eigenvalue weighted by Crippen LogP contribution is -2.12. The molecule has 0 saturated carbocycles. The van der Waals surface area contributed by atoms with Crippen LogP contribution in [0, 0.1) is 6.92 Å². The van der Waals surface area contributed by atoms with E-state index in [4.69, 9.17) is 41.2 Å². The van der Waals surface area contributed by atoms with E-state index >= 15 is 0 Å². The highest BCUT2D eigenvalue weighted by molar-refractivity contribution is 7.80. The van der Waals surface area contributed by atoms with Crippen LogP contribution in [0.1, 0.15) is 11.1 Å². The molecule has 0 unspecified atom stereocenters. The summed E-state index contributed by atoms with van der Waals surface area (Å²) in [7, 11) is 0. The van der Waals surface area contributed by atoms with E-state index in [0.717, 1.165) is 22.5 Å². The van der Waals surface area contributed by atoms with Crippen molar-refractivity contribution >= 4 is 51.8 Å². The Bertz CT molecular complexity index is 641. The van der Waals surface area contributed by atoms with Gasteiger partial charge in [0.25, 0.3) is 0 Å². The first-order chi connectivity index (χ1) is 8.97. The van der Waals surface area contributed by atoms with Gasteiger partial charge in [-0.3, -0.25) is 0 Å². The Morgan fingerprint density at radius 1 is 1.11 bits per heavy atom. The zero-order chi connectivity index (χ0) is 14.0. The highest BCUT2D eigenvalue weighted by Gasteiger charge is 2.08. The molecular formula is C14H12Cl2N2S. The van der Waals surface area contributed by atoms with Crippen LogP contribution < -0.4 is 11.1 Å². The van der Waals surface area contributed by atoms with Gasteiger partial charge in [0.15, 0.2) is 0 Å². The summed E-state index contributed by atoms with van der Waals surface area (Å²) >= 11 is 17.1. The molecule has 0 spiro atoms. The molecule has 2 rings (SSSR count). The molecule has 2 aromatic carbocycles. The molecular weight excluding hydrogens is 299 g/mol. The van der Waals surface area contributed by atoms with Crippen molar-refractivity contribution in [2.45, 2.75) is 6.92 Å². The molecule has 2 nitrogen and oxygen atoms in total. The number of benzene rings is 2. The lowest BCUT2D eigenvalue weighted by atomic mass is 10.1. The summed E-state index contributed by atoms with van der Waals surface area (Å²) in [6, 6.07) is 11.1. The summed E-state index contributed by atoms with van der Waals surface area (Å²) in [5.74, 6) is 0. The minimum atomic E-state index is 0.344. The minimum absolute atomic E-state index is 0.344. The van der Waals surface area contributed by atoms with Gasteiger partial charge in [-0.25, -0.2) is 0 Å². The van der Waals surface area contributed by atoms with E-state index in [1.807, 2.05) is 31.2 Å². The van der Waals surface area contributed by atoms with Crippen LogP contribution >= 0.6 is 35.4 Å². The normalized spacial score (nSPS) is 10.3. The average molecular weight is 311 g/mol. The second-order valence-electron chi connectivity index (χ2n) is 4.16. The molecule has 0 aliphatic rings. The van der Waals surface area contributed by atoms with Gasteiger partial charge in [0, 0.05) is 16.3 Å². The topological polar surface area (TPSA) is 38.0 Å². The van der Waals surface area contributed by atoms with Crippen LogP contribution in [-0.4, -0.2) is 4.99 Å². The number of hydrogen-bond acceptors (Lipinski definition) is 2. The maximum Gasteiger partial charge on any atom is 0.106 e. The first-order valence-corrected chi connectivity index (χ1v) is 6.76. The van der Waals surface area contributed by atoms with Crippen LogP contribution in [0.15, 0.2) is 36.4 Å². The van der Waals surface area contributed by atoms with Crippen LogP contribution in [-0.2, 0) is 0 Å². The molecule has 0 radical (unpaired) electrons. The quantitative estimate of drug-likeness (QED) is 0.808. The van der Waals surface area contributed by atoms with Crippen molar-refractivity contribution in [2.75, 3.05) is 5.32 Å². The van der Waals surface area contributed by atoms with E-state index in [1.165, 1.54) is 0 Å². The van der Waals surface area contributed by atoms with Crippen LogP contribution in [0.4, 0.5) is 11.4 Å². The zero-order valence-corrected chi connectivity index (χ0v) is 12.5. The number of rotatable bonds is 3. The van der Waals surface area contributed by atoms with Gasteiger partial charge in [-0.2, -0.15) is 0 Å². The van der Waals surface area contributed by atoms with E-state index in [9.17, 15) is 0 Å². The third-order valence-electron chi connectivity index (χ3n) is 2.64. The van der Waals surface area contributed by atoms with Gasteiger partial charge >= 0.3 is 0 Å². The van der Waals surface area contributed by atoms with Crippen molar-refractivity contribution in [3.8, 4) is 0 Å². The number of anilines is 2. The monoisotopic (exact) mass is 310 g/mol. The van der Waals surface area contributed by atoms with Crippen molar-refractivity contribution in [1.82, 2.24) is 0 Å². The minimum Gasteiger partial charge on any atom is -0.389 e. The zero-order valence-electron chi connectivity index (χ0n) is 10.2. The highest BCUT2D eigenvalue weighted by atomic mass is 35.5. The van der Waals surface area contributed by atoms with Crippen LogP contribution in [0.3, 0.4) is 0 Å². The number of halogens is 2. The van der Waals surface area contributed by atoms with E-state index in [1.54, 1.807) is 12.1 Å². The fourth-order valence-corrected chi connectivity index (χ4v) is 2.33. The summed E-state index contributed by atoms with van der Waals surface area (Å²) in [5, 5.41) is 4.35. The summed E-state index contributed by atoms with van der Waals surface area (Å²) in [6.45, 7) is 1.99. The third-order valence-corrected chi connectivity index (χ3v) is 3.41. The number of nitrogens with one attached hydrogen (secondary N) is 1. The maximum atomic E-state index is 6.13. The predicted molar refractivity (Wildman–Crippen MR) is 86.8 cm³/mol. The molecule has 0 bridgehead atoms. The van der Waals surface area contributed by atoms with E-state index < -0.39 is 0 Å². The molecule has 0 saturated heterocycles. The molecule has 0 aliphatic heterocycles. The standard InChI is InChI=1S/C14H12Cl2N2S/c1-8-2-4-12(10(6-8)14(17)19)18-13-5-3-9(15)7-11(13)16/h2-7,18H,1H3,(H2,17,19). The Hall–Kier alpha value is -1.29. The lowest BCUT2D eigenvalue weighted by Gasteiger charge is -2.13. The number of aryl methyl sites for hydroxylation is 1. The van der Waals surface area contributed by atoms with Gasteiger partial charge in [0.1, 0.15) is 4.99 Å². The van der Waals surface area contributed by atoms with Gasteiger partial charge in [0.05, 0.1) is 10.7 Å². The molecule has 2 aromatic rings. The largest absolute Gasteiger partial charge is 0.389 e. The maximum absolute atomic E-state index is 6.13. The van der Waals surface area contributed by atoms with Crippen LogP contribution in [0.2, 0.25) is 10.0 Å². The molecule has 19 heavy (non-hydrogen) atoms. The van der Waals surface area contributed by atoms with Crippen molar-refractivity contribution in [1.29, 1.82) is 0 Å². The molecule has 0 amide bonds. The summed E-state index contributed by atoms with van der Waals surface area (Å²) in [6.07, 6.45) is 0. The predicted octanol–water partition coefficient (Wildman–Crippen LogP) is 4.68. The molecule has 0 fully saturated rings. The Morgan fingerprint density at radius 3 is 2.42 bits per heavy atom. The van der Waals surface area contributed by atoms with Gasteiger partial charge in [-0.05, 0) is 37.3 Å². The van der Waals surface area contributed by atoms with Crippen LogP contribution in [0.25, 0.3) is 0 Å². The smallest absolute Gasteiger partial charge is 0.106 e. The molecule has 0 aliphatic carbocycles. The second kappa shape index (κ2) is 5.78. The Balaban J connectivity index is 2.40. The van der Waals surface area contributed by atoms with Crippen LogP contribution in [0.5, 0.6) is 0 Å².